The van der Waals surface area contributed by atoms with Crippen molar-refractivity contribution in [2.75, 3.05) is 13.7 Å². The van der Waals surface area contributed by atoms with E-state index in [-0.39, 0.29) is 5.41 Å². The minimum absolute atomic E-state index is 0.123. The lowest BCUT2D eigenvalue weighted by molar-refractivity contribution is -0.131. The number of carbonyl (C=O) groups is 1. The SMILES string of the molecule is COC1CC(NCC(C)=CC(=O)O)C1(C)C. The van der Waals surface area contributed by atoms with Gasteiger partial charge in [-0.25, -0.2) is 4.79 Å². The monoisotopic (exact) mass is 227 g/mol. The van der Waals surface area contributed by atoms with Gasteiger partial charge in [-0.05, 0) is 13.3 Å². The van der Waals surface area contributed by atoms with Gasteiger partial charge in [0.1, 0.15) is 0 Å². The maximum absolute atomic E-state index is 10.4. The minimum atomic E-state index is -0.887. The van der Waals surface area contributed by atoms with Crippen LogP contribution in [0.25, 0.3) is 0 Å². The van der Waals surface area contributed by atoms with E-state index < -0.39 is 5.97 Å². The van der Waals surface area contributed by atoms with E-state index in [2.05, 4.69) is 19.2 Å². The second-order valence-electron chi connectivity index (χ2n) is 5.04. The Morgan fingerprint density at radius 3 is 2.69 bits per heavy atom. The lowest BCUT2D eigenvalue weighted by atomic mass is 9.64. The fraction of sp³-hybridized carbons (Fsp3) is 0.750. The summed E-state index contributed by atoms with van der Waals surface area (Å²) in [6.07, 6.45) is 2.53. The molecule has 0 aliphatic heterocycles. The van der Waals surface area contributed by atoms with Crippen LogP contribution in [0.3, 0.4) is 0 Å². The van der Waals surface area contributed by atoms with Gasteiger partial charge in [-0.3, -0.25) is 0 Å². The Labute approximate surface area is 96.7 Å². The van der Waals surface area contributed by atoms with Crippen LogP contribution >= 0.6 is 0 Å². The fourth-order valence-electron chi connectivity index (χ4n) is 2.18. The quantitative estimate of drug-likeness (QED) is 0.697. The number of nitrogens with one attached hydrogen (secondary N) is 1. The highest BCUT2D eigenvalue weighted by Crippen LogP contribution is 2.42. The van der Waals surface area contributed by atoms with Crippen molar-refractivity contribution < 1.29 is 14.6 Å². The third-order valence-electron chi connectivity index (χ3n) is 3.46. The second-order valence-corrected chi connectivity index (χ2v) is 5.04. The second kappa shape index (κ2) is 4.97. The molecule has 92 valence electrons. The lowest BCUT2D eigenvalue weighted by Crippen LogP contribution is -2.60. The van der Waals surface area contributed by atoms with E-state index in [1.165, 1.54) is 6.08 Å². The molecule has 16 heavy (non-hydrogen) atoms. The predicted molar refractivity (Wildman–Crippen MR) is 62.4 cm³/mol. The summed E-state index contributed by atoms with van der Waals surface area (Å²) in [5.41, 5.74) is 0.960. The van der Waals surface area contributed by atoms with E-state index in [9.17, 15) is 4.79 Å². The van der Waals surface area contributed by atoms with Gasteiger partial charge in [0, 0.05) is 31.2 Å². The average Bonchev–Trinajstić information content (AvgIpc) is 2.15. The lowest BCUT2D eigenvalue weighted by Gasteiger charge is -2.51. The Morgan fingerprint density at radius 2 is 2.25 bits per heavy atom. The third kappa shape index (κ3) is 2.83. The molecule has 0 bridgehead atoms. The maximum atomic E-state index is 10.4. The smallest absolute Gasteiger partial charge is 0.328 e. The molecule has 1 aliphatic rings. The largest absolute Gasteiger partial charge is 0.478 e. The number of aliphatic carboxylic acids is 1. The topological polar surface area (TPSA) is 58.6 Å². The Hall–Kier alpha value is -0.870. The molecule has 1 saturated carbocycles. The Bertz CT molecular complexity index is 297. The van der Waals surface area contributed by atoms with Gasteiger partial charge in [0.2, 0.25) is 0 Å². The van der Waals surface area contributed by atoms with Crippen LogP contribution < -0.4 is 5.32 Å². The normalized spacial score (nSPS) is 28.6. The van der Waals surface area contributed by atoms with Gasteiger partial charge < -0.3 is 15.2 Å². The number of ether oxygens (including phenoxy) is 1. The van der Waals surface area contributed by atoms with Crippen LogP contribution in [0.4, 0.5) is 0 Å². The van der Waals surface area contributed by atoms with Gasteiger partial charge in [0.05, 0.1) is 6.10 Å². The molecule has 1 aliphatic carbocycles. The third-order valence-corrected chi connectivity index (χ3v) is 3.46. The van der Waals surface area contributed by atoms with E-state index in [0.29, 0.717) is 18.7 Å². The van der Waals surface area contributed by atoms with Gasteiger partial charge in [0.15, 0.2) is 0 Å². The van der Waals surface area contributed by atoms with Crippen LogP contribution in [0.1, 0.15) is 27.2 Å². The van der Waals surface area contributed by atoms with Gasteiger partial charge >= 0.3 is 5.97 Å². The summed E-state index contributed by atoms with van der Waals surface area (Å²) in [5, 5.41) is 11.9. The Morgan fingerprint density at radius 1 is 1.62 bits per heavy atom. The number of hydrogen-bond acceptors (Lipinski definition) is 3. The predicted octanol–water partition coefficient (Wildman–Crippen LogP) is 1.42. The molecule has 2 N–H and O–H groups in total. The van der Waals surface area contributed by atoms with Crippen molar-refractivity contribution in [3.63, 3.8) is 0 Å². The zero-order chi connectivity index (χ0) is 12.3. The van der Waals surface area contributed by atoms with E-state index in [1.54, 1.807) is 7.11 Å². The first kappa shape index (κ1) is 13.2. The molecule has 0 saturated heterocycles. The molecule has 0 aromatic heterocycles. The minimum Gasteiger partial charge on any atom is -0.478 e. The molecule has 0 heterocycles. The first-order valence-electron chi connectivity index (χ1n) is 5.54. The molecule has 4 nitrogen and oxygen atoms in total. The van der Waals surface area contributed by atoms with Crippen molar-refractivity contribution in [1.29, 1.82) is 0 Å². The van der Waals surface area contributed by atoms with Gasteiger partial charge in [-0.1, -0.05) is 19.4 Å². The van der Waals surface area contributed by atoms with Crippen molar-refractivity contribution in [3.8, 4) is 0 Å². The number of carboxylic acids is 1. The number of hydrogen-bond donors (Lipinski definition) is 2. The number of carboxylic acid groups (broad SMARTS) is 1. The summed E-state index contributed by atoms with van der Waals surface area (Å²) in [4.78, 5) is 10.4. The van der Waals surface area contributed by atoms with Gasteiger partial charge in [-0.2, -0.15) is 0 Å². The average molecular weight is 227 g/mol. The first-order valence-corrected chi connectivity index (χ1v) is 5.54. The first-order chi connectivity index (χ1) is 7.37. The molecule has 0 radical (unpaired) electrons. The van der Waals surface area contributed by atoms with Crippen molar-refractivity contribution >= 4 is 5.97 Å². The summed E-state index contributed by atoms with van der Waals surface area (Å²) in [5.74, 6) is -0.887. The summed E-state index contributed by atoms with van der Waals surface area (Å²) < 4.78 is 5.35. The molecule has 2 atom stereocenters. The zero-order valence-electron chi connectivity index (χ0n) is 10.4. The molecular weight excluding hydrogens is 206 g/mol. The standard InChI is InChI=1S/C12H21NO3/c1-8(5-11(14)15)7-13-9-6-10(16-4)12(9,2)3/h5,9-10,13H,6-7H2,1-4H3,(H,14,15). The van der Waals surface area contributed by atoms with Crippen LogP contribution in [0, 0.1) is 5.41 Å². The van der Waals surface area contributed by atoms with E-state index in [1.807, 2.05) is 6.92 Å². The van der Waals surface area contributed by atoms with Crippen molar-refractivity contribution in [3.05, 3.63) is 11.6 Å². The molecule has 0 aromatic rings. The van der Waals surface area contributed by atoms with E-state index >= 15 is 0 Å². The van der Waals surface area contributed by atoms with Crippen LogP contribution in [0.5, 0.6) is 0 Å². The highest BCUT2D eigenvalue weighted by atomic mass is 16.5. The molecule has 1 fully saturated rings. The number of methoxy groups -OCH3 is 1. The molecular formula is C12H21NO3. The van der Waals surface area contributed by atoms with Crippen molar-refractivity contribution in [2.24, 2.45) is 5.41 Å². The fourth-order valence-corrected chi connectivity index (χ4v) is 2.18. The van der Waals surface area contributed by atoms with Crippen LogP contribution in [0.15, 0.2) is 11.6 Å². The zero-order valence-corrected chi connectivity index (χ0v) is 10.4. The Kier molecular flexibility index (Phi) is 4.10. The summed E-state index contributed by atoms with van der Waals surface area (Å²) in [7, 11) is 1.73. The van der Waals surface area contributed by atoms with E-state index in [0.717, 1.165) is 12.0 Å². The van der Waals surface area contributed by atoms with Gasteiger partial charge in [0.25, 0.3) is 0 Å². The molecule has 0 amide bonds. The summed E-state index contributed by atoms with van der Waals surface area (Å²) in [6, 6.07) is 0.398. The van der Waals surface area contributed by atoms with Crippen molar-refractivity contribution in [2.45, 2.75) is 39.3 Å². The molecule has 0 spiro atoms. The maximum Gasteiger partial charge on any atom is 0.328 e. The van der Waals surface area contributed by atoms with Crippen LogP contribution in [-0.2, 0) is 9.53 Å². The highest BCUT2D eigenvalue weighted by Gasteiger charge is 2.48. The van der Waals surface area contributed by atoms with Crippen LogP contribution in [-0.4, -0.2) is 36.9 Å². The Balaban J connectivity index is 2.39. The highest BCUT2D eigenvalue weighted by molar-refractivity contribution is 5.80. The van der Waals surface area contributed by atoms with Crippen LogP contribution in [0.2, 0.25) is 0 Å². The molecule has 2 unspecified atom stereocenters. The summed E-state index contributed by atoms with van der Waals surface area (Å²) >= 11 is 0. The van der Waals surface area contributed by atoms with Gasteiger partial charge in [-0.15, -0.1) is 0 Å². The molecule has 1 rings (SSSR count). The molecule has 4 heteroatoms. The molecule has 0 aromatic carbocycles. The van der Waals surface area contributed by atoms with Crippen molar-refractivity contribution in [1.82, 2.24) is 5.32 Å². The number of rotatable bonds is 5. The summed E-state index contributed by atoms with van der Waals surface area (Å²) in [6.45, 7) is 6.77. The van der Waals surface area contributed by atoms with E-state index in [4.69, 9.17) is 9.84 Å².